The van der Waals surface area contributed by atoms with Gasteiger partial charge in [-0.05, 0) is 78.9 Å². The van der Waals surface area contributed by atoms with Gasteiger partial charge in [-0.25, -0.2) is 19.9 Å². The molecule has 11 rings (SSSR count). The van der Waals surface area contributed by atoms with Gasteiger partial charge in [-0.1, -0.05) is 48.5 Å². The van der Waals surface area contributed by atoms with E-state index in [0.717, 1.165) is 71.9 Å². The number of benzene rings is 5. The van der Waals surface area contributed by atoms with Crippen LogP contribution in [0.5, 0.6) is 23.0 Å². The fourth-order valence-electron chi connectivity index (χ4n) is 7.64. The number of ether oxygens (including phenoxy) is 2. The Balaban J connectivity index is 1.02. The fourth-order valence-corrected chi connectivity index (χ4v) is 7.64. The SMILES string of the molecule is c1ccc(-n2c3ccccc3c3ccc(Oc4cc(Oc5ccc6c7ccccc7n(-c7ccccn7)c6c5)cc(-c5ncc(-c6ccoc6)cn5)c4)cc32)nc1. The lowest BCUT2D eigenvalue weighted by Crippen LogP contribution is -1.97. The van der Waals surface area contributed by atoms with E-state index in [1.807, 2.05) is 97.3 Å². The van der Waals surface area contributed by atoms with E-state index in [1.165, 1.54) is 0 Å². The van der Waals surface area contributed by atoms with E-state index < -0.39 is 0 Å². The van der Waals surface area contributed by atoms with Gasteiger partial charge in [0.25, 0.3) is 0 Å². The lowest BCUT2D eigenvalue weighted by Gasteiger charge is -2.13. The van der Waals surface area contributed by atoms with Gasteiger partial charge in [0, 0.05) is 81.2 Å². The maximum atomic E-state index is 6.69. The van der Waals surface area contributed by atoms with E-state index in [2.05, 4.69) is 79.8 Å². The van der Waals surface area contributed by atoms with Crippen LogP contribution in [-0.2, 0) is 0 Å². The standard InChI is InChI=1S/C48H30N6O3/c1-3-11-42-38(9-1)40-17-15-34(26-44(40)53(42)46-13-5-7-20-49-46)56-36-23-32(48-51-28-33(29-52-48)31-19-22-55-30-31)24-37(25-36)57-35-16-18-41-39-10-2-4-12-43(39)54(45(41)27-35)47-14-6-8-21-50-47/h1-30H. The molecule has 0 atom stereocenters. The molecule has 0 fully saturated rings. The Bertz CT molecular complexity index is 3050. The van der Waals surface area contributed by atoms with E-state index in [1.54, 1.807) is 24.9 Å². The van der Waals surface area contributed by atoms with Crippen LogP contribution in [0.4, 0.5) is 0 Å². The smallest absolute Gasteiger partial charge is 0.159 e. The van der Waals surface area contributed by atoms with Gasteiger partial charge in [-0.2, -0.15) is 0 Å². The molecule has 6 aromatic heterocycles. The van der Waals surface area contributed by atoms with Crippen molar-refractivity contribution in [2.75, 3.05) is 0 Å². The number of rotatable bonds is 8. The van der Waals surface area contributed by atoms with E-state index in [9.17, 15) is 0 Å². The number of furan rings is 1. The Morgan fingerprint density at radius 1 is 0.404 bits per heavy atom. The van der Waals surface area contributed by atoms with Gasteiger partial charge in [0.2, 0.25) is 0 Å². The van der Waals surface area contributed by atoms with Crippen molar-refractivity contribution in [3.8, 4) is 57.1 Å². The van der Waals surface area contributed by atoms with E-state index in [4.69, 9.17) is 23.9 Å². The summed E-state index contributed by atoms with van der Waals surface area (Å²) in [6, 6.07) is 48.5. The van der Waals surface area contributed by atoms with Gasteiger partial charge in [-0.3, -0.25) is 9.13 Å². The Labute approximate surface area is 325 Å². The van der Waals surface area contributed by atoms with Gasteiger partial charge in [0.05, 0.1) is 34.6 Å². The van der Waals surface area contributed by atoms with Crippen molar-refractivity contribution in [1.29, 1.82) is 0 Å². The molecule has 0 saturated carbocycles. The molecular weight excluding hydrogens is 709 g/mol. The molecule has 9 nitrogen and oxygen atoms in total. The van der Waals surface area contributed by atoms with Crippen LogP contribution in [0.25, 0.3) is 77.8 Å². The maximum Gasteiger partial charge on any atom is 0.159 e. The molecule has 0 aliphatic rings. The summed E-state index contributed by atoms with van der Waals surface area (Å²) in [4.78, 5) is 18.9. The van der Waals surface area contributed by atoms with Crippen molar-refractivity contribution in [3.05, 3.63) is 183 Å². The summed E-state index contributed by atoms with van der Waals surface area (Å²) in [5.41, 5.74) is 6.58. The Hall–Kier alpha value is -8.04. The summed E-state index contributed by atoms with van der Waals surface area (Å²) in [6.45, 7) is 0. The minimum absolute atomic E-state index is 0.522. The van der Waals surface area contributed by atoms with Crippen LogP contribution in [-0.4, -0.2) is 29.1 Å². The Morgan fingerprint density at radius 2 is 0.930 bits per heavy atom. The van der Waals surface area contributed by atoms with Crippen LogP contribution in [0.1, 0.15) is 0 Å². The van der Waals surface area contributed by atoms with Crippen LogP contribution < -0.4 is 9.47 Å². The highest BCUT2D eigenvalue weighted by molar-refractivity contribution is 6.10. The topological polar surface area (TPSA) is 93.0 Å². The first-order chi connectivity index (χ1) is 28.2. The molecule has 0 bridgehead atoms. The van der Waals surface area contributed by atoms with Gasteiger partial charge < -0.3 is 13.9 Å². The van der Waals surface area contributed by atoms with Crippen LogP contribution in [0, 0.1) is 0 Å². The lowest BCUT2D eigenvalue weighted by atomic mass is 10.1. The third-order valence-electron chi connectivity index (χ3n) is 10.2. The van der Waals surface area contributed by atoms with Crippen LogP contribution in [0.3, 0.4) is 0 Å². The Kier molecular flexibility index (Phi) is 7.60. The van der Waals surface area contributed by atoms with Crippen LogP contribution >= 0.6 is 0 Å². The van der Waals surface area contributed by atoms with Crippen molar-refractivity contribution in [1.82, 2.24) is 29.1 Å². The largest absolute Gasteiger partial charge is 0.472 e. The zero-order chi connectivity index (χ0) is 37.7. The first kappa shape index (κ1) is 32.4. The number of fused-ring (bicyclic) bond motifs is 6. The lowest BCUT2D eigenvalue weighted by molar-refractivity contribution is 0.461. The third-order valence-corrected chi connectivity index (χ3v) is 10.2. The summed E-state index contributed by atoms with van der Waals surface area (Å²) >= 11 is 0. The van der Waals surface area contributed by atoms with Crippen molar-refractivity contribution in [2.45, 2.75) is 0 Å². The minimum Gasteiger partial charge on any atom is -0.472 e. The molecule has 270 valence electrons. The van der Waals surface area contributed by atoms with Crippen LogP contribution in [0.2, 0.25) is 0 Å². The van der Waals surface area contributed by atoms with Gasteiger partial charge in [-0.15, -0.1) is 0 Å². The molecule has 0 radical (unpaired) electrons. The van der Waals surface area contributed by atoms with Crippen LogP contribution in [0.15, 0.2) is 187 Å². The summed E-state index contributed by atoms with van der Waals surface area (Å²) < 4.78 is 23.0. The molecule has 0 amide bonds. The minimum atomic E-state index is 0.522. The van der Waals surface area contributed by atoms with Gasteiger partial charge >= 0.3 is 0 Å². The van der Waals surface area contributed by atoms with Gasteiger partial charge in [0.15, 0.2) is 5.82 Å². The third kappa shape index (κ3) is 5.73. The highest BCUT2D eigenvalue weighted by atomic mass is 16.5. The molecule has 0 spiro atoms. The second kappa shape index (κ2) is 13.4. The number of pyridine rings is 2. The first-order valence-corrected chi connectivity index (χ1v) is 18.5. The average molecular weight is 739 g/mol. The van der Waals surface area contributed by atoms with Crippen molar-refractivity contribution in [3.63, 3.8) is 0 Å². The molecule has 57 heavy (non-hydrogen) atoms. The second-order valence-corrected chi connectivity index (χ2v) is 13.6. The molecule has 0 saturated heterocycles. The van der Waals surface area contributed by atoms with Gasteiger partial charge in [0.1, 0.15) is 34.6 Å². The number of para-hydroxylation sites is 2. The molecule has 0 N–H and O–H groups in total. The predicted molar refractivity (Wildman–Crippen MR) is 222 cm³/mol. The average Bonchev–Trinajstić information content (AvgIpc) is 4.00. The fraction of sp³-hybridized carbons (Fsp3) is 0. The number of hydrogen-bond donors (Lipinski definition) is 0. The predicted octanol–water partition coefficient (Wildman–Crippen LogP) is 12.0. The summed E-state index contributed by atoms with van der Waals surface area (Å²) in [6.07, 6.45) is 10.5. The highest BCUT2D eigenvalue weighted by Crippen LogP contribution is 2.39. The molecule has 9 heteroatoms. The summed E-state index contributed by atoms with van der Waals surface area (Å²) in [5, 5.41) is 4.48. The molecule has 0 unspecified atom stereocenters. The molecule has 6 heterocycles. The molecule has 11 aromatic rings. The van der Waals surface area contributed by atoms with E-state index in [-0.39, 0.29) is 0 Å². The molecule has 5 aromatic carbocycles. The summed E-state index contributed by atoms with van der Waals surface area (Å²) in [7, 11) is 0. The first-order valence-electron chi connectivity index (χ1n) is 18.5. The van der Waals surface area contributed by atoms with Crippen molar-refractivity contribution >= 4 is 43.6 Å². The number of nitrogens with zero attached hydrogens (tertiary/aromatic N) is 6. The quantitative estimate of drug-likeness (QED) is 0.153. The molecule has 0 aliphatic heterocycles. The van der Waals surface area contributed by atoms with E-state index in [0.29, 0.717) is 28.8 Å². The molecule has 0 aliphatic carbocycles. The number of aromatic nitrogens is 6. The monoisotopic (exact) mass is 738 g/mol. The maximum absolute atomic E-state index is 6.69. The highest BCUT2D eigenvalue weighted by Gasteiger charge is 2.17. The van der Waals surface area contributed by atoms with E-state index >= 15 is 0 Å². The summed E-state index contributed by atoms with van der Waals surface area (Å²) in [5.74, 6) is 4.62. The van der Waals surface area contributed by atoms with Crippen molar-refractivity contribution < 1.29 is 13.9 Å². The van der Waals surface area contributed by atoms with Crippen molar-refractivity contribution in [2.24, 2.45) is 0 Å². The normalized spacial score (nSPS) is 11.5. The zero-order valence-corrected chi connectivity index (χ0v) is 30.2. The Morgan fingerprint density at radius 3 is 1.44 bits per heavy atom. The number of hydrogen-bond acceptors (Lipinski definition) is 7. The second-order valence-electron chi connectivity index (χ2n) is 13.6. The molecular formula is C48H30N6O3. The zero-order valence-electron chi connectivity index (χ0n) is 30.2.